The molecule has 0 aromatic heterocycles. The topological polar surface area (TPSA) is 21.3 Å². The first kappa shape index (κ1) is 14.8. The predicted molar refractivity (Wildman–Crippen MR) is 85.5 cm³/mol. The molecule has 0 atom stereocenters. The van der Waals surface area contributed by atoms with Gasteiger partial charge >= 0.3 is 0 Å². The van der Waals surface area contributed by atoms with Gasteiger partial charge in [0, 0.05) is 12.6 Å². The Balaban J connectivity index is 1.74. The summed E-state index contributed by atoms with van der Waals surface area (Å²) in [6, 6.07) is 11.1. The maximum Gasteiger partial charge on any atom is 0.184 e. The fourth-order valence-corrected chi connectivity index (χ4v) is 2.64. The van der Waals surface area contributed by atoms with Crippen molar-refractivity contribution in [3.8, 4) is 11.5 Å². The highest BCUT2D eigenvalue weighted by atomic mass is 79.9. The van der Waals surface area contributed by atoms with Gasteiger partial charge in [0.25, 0.3) is 0 Å². The van der Waals surface area contributed by atoms with Gasteiger partial charge in [-0.1, -0.05) is 23.7 Å². The Kier molecular flexibility index (Phi) is 4.48. The molecule has 0 bridgehead atoms. The molecule has 2 aromatic carbocycles. The van der Waals surface area contributed by atoms with E-state index in [0.717, 1.165) is 16.6 Å². The van der Waals surface area contributed by atoms with Crippen LogP contribution in [-0.2, 0) is 6.54 Å². The molecule has 2 aromatic rings. The monoisotopic (exact) mass is 369 g/mol. The lowest BCUT2D eigenvalue weighted by Gasteiger charge is -2.11. The standard InChI is InChI=1S/C16H14BrClFNO/c17-12-8-10(9-20-11-5-6-11)4-7-14(12)21-15-3-1-2-13(18)16(15)19/h1-4,7-8,11,20H,5-6,9H2. The van der Waals surface area contributed by atoms with E-state index in [-0.39, 0.29) is 10.8 Å². The lowest BCUT2D eigenvalue weighted by atomic mass is 10.2. The van der Waals surface area contributed by atoms with E-state index in [1.54, 1.807) is 12.1 Å². The van der Waals surface area contributed by atoms with Gasteiger partial charge in [-0.2, -0.15) is 0 Å². The second-order valence-corrected chi connectivity index (χ2v) is 6.34. The van der Waals surface area contributed by atoms with Gasteiger partial charge in [-0.25, -0.2) is 4.39 Å². The second-order valence-electron chi connectivity index (χ2n) is 5.07. The van der Waals surface area contributed by atoms with Gasteiger partial charge in [-0.3, -0.25) is 0 Å². The summed E-state index contributed by atoms with van der Waals surface area (Å²) in [5.74, 6) is 0.129. The summed E-state index contributed by atoms with van der Waals surface area (Å²) in [6.07, 6.45) is 2.52. The maximum absolute atomic E-state index is 13.8. The van der Waals surface area contributed by atoms with E-state index in [0.29, 0.717) is 11.8 Å². The van der Waals surface area contributed by atoms with Crippen LogP contribution < -0.4 is 10.1 Å². The van der Waals surface area contributed by atoms with E-state index in [1.807, 2.05) is 18.2 Å². The number of ether oxygens (including phenoxy) is 1. The van der Waals surface area contributed by atoms with Crippen molar-refractivity contribution < 1.29 is 9.13 Å². The summed E-state index contributed by atoms with van der Waals surface area (Å²) in [5.41, 5.74) is 1.16. The van der Waals surface area contributed by atoms with Crippen LogP contribution in [0.5, 0.6) is 11.5 Å². The molecule has 0 heterocycles. The van der Waals surface area contributed by atoms with Gasteiger partial charge in [0.1, 0.15) is 5.75 Å². The third-order valence-electron chi connectivity index (χ3n) is 3.30. The van der Waals surface area contributed by atoms with Crippen molar-refractivity contribution >= 4 is 27.5 Å². The fourth-order valence-electron chi connectivity index (χ4n) is 1.97. The van der Waals surface area contributed by atoms with Crippen molar-refractivity contribution in [2.24, 2.45) is 0 Å². The molecule has 1 aliphatic carbocycles. The van der Waals surface area contributed by atoms with E-state index in [1.165, 1.54) is 18.9 Å². The van der Waals surface area contributed by atoms with Crippen LogP contribution in [0.1, 0.15) is 18.4 Å². The zero-order valence-corrected chi connectivity index (χ0v) is 13.5. The number of hydrogen-bond acceptors (Lipinski definition) is 2. The highest BCUT2D eigenvalue weighted by Crippen LogP contribution is 2.33. The van der Waals surface area contributed by atoms with E-state index in [9.17, 15) is 4.39 Å². The number of benzene rings is 2. The van der Waals surface area contributed by atoms with Crippen LogP contribution in [0.4, 0.5) is 4.39 Å². The molecule has 0 aliphatic heterocycles. The number of hydrogen-bond donors (Lipinski definition) is 1. The van der Waals surface area contributed by atoms with Gasteiger partial charge in [0.2, 0.25) is 0 Å². The third-order valence-corrected chi connectivity index (χ3v) is 4.22. The van der Waals surface area contributed by atoms with Gasteiger partial charge in [-0.15, -0.1) is 0 Å². The SMILES string of the molecule is Fc1c(Cl)cccc1Oc1ccc(CNC2CC2)cc1Br. The molecule has 0 amide bonds. The minimum absolute atomic E-state index is 0.0499. The fraction of sp³-hybridized carbons (Fsp3) is 0.250. The van der Waals surface area contributed by atoms with Crippen LogP contribution in [0, 0.1) is 5.82 Å². The Labute approximate surface area is 136 Å². The summed E-state index contributed by atoms with van der Waals surface area (Å²) < 4.78 is 20.2. The molecular weight excluding hydrogens is 357 g/mol. The van der Waals surface area contributed by atoms with Crippen LogP contribution in [0.2, 0.25) is 5.02 Å². The Hall–Kier alpha value is -1.10. The van der Waals surface area contributed by atoms with Crippen molar-refractivity contribution in [3.05, 3.63) is 57.3 Å². The third kappa shape index (κ3) is 3.76. The Morgan fingerprint density at radius 1 is 1.24 bits per heavy atom. The molecule has 2 nitrogen and oxygen atoms in total. The lowest BCUT2D eigenvalue weighted by Crippen LogP contribution is -2.15. The molecule has 5 heteroatoms. The van der Waals surface area contributed by atoms with Gasteiger partial charge in [0.15, 0.2) is 11.6 Å². The highest BCUT2D eigenvalue weighted by Gasteiger charge is 2.20. The molecule has 110 valence electrons. The molecule has 0 radical (unpaired) electrons. The summed E-state index contributed by atoms with van der Waals surface area (Å²) in [5, 5.41) is 3.50. The first-order chi connectivity index (χ1) is 10.1. The maximum atomic E-state index is 13.8. The van der Waals surface area contributed by atoms with Gasteiger partial charge < -0.3 is 10.1 Å². The number of halogens is 3. The zero-order valence-electron chi connectivity index (χ0n) is 11.2. The average molecular weight is 371 g/mol. The average Bonchev–Trinajstić information content (AvgIpc) is 3.28. The molecule has 1 fully saturated rings. The molecule has 1 saturated carbocycles. The first-order valence-electron chi connectivity index (χ1n) is 6.77. The van der Waals surface area contributed by atoms with Crippen LogP contribution in [0.15, 0.2) is 40.9 Å². The van der Waals surface area contributed by atoms with Gasteiger partial charge in [0.05, 0.1) is 9.50 Å². The smallest absolute Gasteiger partial charge is 0.184 e. The van der Waals surface area contributed by atoms with Crippen molar-refractivity contribution in [1.82, 2.24) is 5.32 Å². The van der Waals surface area contributed by atoms with Crippen LogP contribution >= 0.6 is 27.5 Å². The largest absolute Gasteiger partial charge is 0.453 e. The Morgan fingerprint density at radius 3 is 2.76 bits per heavy atom. The summed E-state index contributed by atoms with van der Waals surface area (Å²) in [4.78, 5) is 0. The summed E-state index contributed by atoms with van der Waals surface area (Å²) >= 11 is 9.21. The summed E-state index contributed by atoms with van der Waals surface area (Å²) in [7, 11) is 0. The van der Waals surface area contributed by atoms with E-state index < -0.39 is 5.82 Å². The Morgan fingerprint density at radius 2 is 2.05 bits per heavy atom. The predicted octanol–water partition coefficient (Wildman–Crippen LogP) is 5.29. The van der Waals surface area contributed by atoms with Crippen LogP contribution in [0.25, 0.3) is 0 Å². The molecule has 0 saturated heterocycles. The number of nitrogens with one attached hydrogen (secondary N) is 1. The van der Waals surface area contributed by atoms with Crippen molar-refractivity contribution in [3.63, 3.8) is 0 Å². The highest BCUT2D eigenvalue weighted by molar-refractivity contribution is 9.10. The lowest BCUT2D eigenvalue weighted by molar-refractivity contribution is 0.440. The van der Waals surface area contributed by atoms with E-state index >= 15 is 0 Å². The molecule has 0 spiro atoms. The van der Waals surface area contributed by atoms with Crippen molar-refractivity contribution in [1.29, 1.82) is 0 Å². The first-order valence-corrected chi connectivity index (χ1v) is 7.94. The molecule has 3 rings (SSSR count). The second kappa shape index (κ2) is 6.34. The molecule has 1 N–H and O–H groups in total. The van der Waals surface area contributed by atoms with Crippen molar-refractivity contribution in [2.45, 2.75) is 25.4 Å². The van der Waals surface area contributed by atoms with Crippen LogP contribution in [-0.4, -0.2) is 6.04 Å². The van der Waals surface area contributed by atoms with Crippen molar-refractivity contribution in [2.75, 3.05) is 0 Å². The van der Waals surface area contributed by atoms with Gasteiger partial charge in [-0.05, 0) is 58.6 Å². The van der Waals surface area contributed by atoms with Crippen LogP contribution in [0.3, 0.4) is 0 Å². The quantitative estimate of drug-likeness (QED) is 0.772. The minimum atomic E-state index is -0.550. The molecule has 21 heavy (non-hydrogen) atoms. The minimum Gasteiger partial charge on any atom is -0.453 e. The normalized spacial score (nSPS) is 14.2. The van der Waals surface area contributed by atoms with E-state index in [4.69, 9.17) is 16.3 Å². The summed E-state index contributed by atoms with van der Waals surface area (Å²) in [6.45, 7) is 0.828. The molecule has 1 aliphatic rings. The zero-order chi connectivity index (χ0) is 14.8. The molecular formula is C16H14BrClFNO. The Bertz CT molecular complexity index is 661. The number of rotatable bonds is 5. The van der Waals surface area contributed by atoms with E-state index in [2.05, 4.69) is 21.2 Å². The molecule has 0 unspecified atom stereocenters.